The molecule has 0 amide bonds. The smallest absolute Gasteiger partial charge is 0.244 e. The van der Waals surface area contributed by atoms with Crippen molar-refractivity contribution in [1.82, 2.24) is 29.6 Å². The molecule has 11 heteroatoms. The Labute approximate surface area is 171 Å². The first kappa shape index (κ1) is 21.1. The quantitative estimate of drug-likeness (QED) is 0.769. The summed E-state index contributed by atoms with van der Waals surface area (Å²) < 4.78 is 32.4. The summed E-state index contributed by atoms with van der Waals surface area (Å²) in [4.78, 5) is 11.0. The molecule has 1 unspecified atom stereocenters. The molecule has 0 aromatic carbocycles. The van der Waals surface area contributed by atoms with Gasteiger partial charge in [-0.3, -0.25) is 9.88 Å². The molecule has 0 bridgehead atoms. The zero-order valence-electron chi connectivity index (χ0n) is 15.7. The van der Waals surface area contributed by atoms with E-state index >= 15 is 0 Å². The van der Waals surface area contributed by atoms with E-state index in [-0.39, 0.29) is 29.3 Å². The molecule has 2 aliphatic heterocycles. The maximum absolute atomic E-state index is 12.7. The number of nitrogens with one attached hydrogen (secondary N) is 1. The molecule has 2 saturated heterocycles. The fraction of sp³-hybridized carbons (Fsp3) is 0.588. The summed E-state index contributed by atoms with van der Waals surface area (Å²) in [6.45, 7) is 3.58. The normalized spacial score (nSPS) is 22.7. The van der Waals surface area contributed by atoms with Crippen LogP contribution in [0.3, 0.4) is 0 Å². The highest BCUT2D eigenvalue weighted by Gasteiger charge is 2.33. The number of likely N-dealkylation sites (N-methyl/N-ethyl adjacent to an activating group) is 1. The summed E-state index contributed by atoms with van der Waals surface area (Å²) in [5.74, 6) is 1.40. The Morgan fingerprint density at radius 2 is 2.04 bits per heavy atom. The molecule has 0 radical (unpaired) electrons. The lowest BCUT2D eigenvalue weighted by atomic mass is 9.98. The molecule has 1 atom stereocenters. The van der Waals surface area contributed by atoms with Crippen LogP contribution in [0.2, 0.25) is 0 Å². The molecule has 0 saturated carbocycles. The summed E-state index contributed by atoms with van der Waals surface area (Å²) in [7, 11) is -1.44. The first-order chi connectivity index (χ1) is 13.1. The maximum atomic E-state index is 12.7. The van der Waals surface area contributed by atoms with Crippen LogP contribution in [0.4, 0.5) is 0 Å². The van der Waals surface area contributed by atoms with Crippen LogP contribution in [0.1, 0.15) is 36.5 Å². The van der Waals surface area contributed by atoms with Gasteiger partial charge >= 0.3 is 0 Å². The third kappa shape index (κ3) is 4.20. The summed E-state index contributed by atoms with van der Waals surface area (Å²) >= 11 is 0. The molecule has 4 rings (SSSR count). The third-order valence-corrected chi connectivity index (χ3v) is 7.22. The summed E-state index contributed by atoms with van der Waals surface area (Å²) in [6, 6.07) is 3.33. The topological polar surface area (TPSA) is 104 Å². The number of aromatic nitrogens is 3. The van der Waals surface area contributed by atoms with Crippen LogP contribution < -0.4 is 5.32 Å². The van der Waals surface area contributed by atoms with E-state index < -0.39 is 10.0 Å². The average Bonchev–Trinajstić information content (AvgIpc) is 3.19. The number of hydrogen-bond acceptors (Lipinski definition) is 8. The van der Waals surface area contributed by atoms with E-state index in [1.807, 2.05) is 0 Å². The molecule has 2 aromatic rings. The van der Waals surface area contributed by atoms with Crippen LogP contribution >= 0.6 is 12.4 Å². The van der Waals surface area contributed by atoms with Gasteiger partial charge in [-0.15, -0.1) is 12.4 Å². The van der Waals surface area contributed by atoms with Gasteiger partial charge in [-0.05, 0) is 32.0 Å². The lowest BCUT2D eigenvalue weighted by Crippen LogP contribution is -2.44. The monoisotopic (exact) mass is 428 g/mol. The van der Waals surface area contributed by atoms with Crippen LogP contribution in [0.5, 0.6) is 0 Å². The van der Waals surface area contributed by atoms with Gasteiger partial charge in [0, 0.05) is 51.0 Å². The van der Waals surface area contributed by atoms with Crippen molar-refractivity contribution in [3.8, 4) is 0 Å². The van der Waals surface area contributed by atoms with Crippen LogP contribution in [0.25, 0.3) is 0 Å². The first-order valence-corrected chi connectivity index (χ1v) is 10.6. The SMILES string of the molecule is CN1CCNCC1c1noc(C2CCN(S(=O)(=O)c3cccnc3)CC2)n1.Cl. The molecule has 154 valence electrons. The van der Waals surface area contributed by atoms with Crippen molar-refractivity contribution in [2.24, 2.45) is 0 Å². The van der Waals surface area contributed by atoms with Crippen molar-refractivity contribution >= 4 is 22.4 Å². The van der Waals surface area contributed by atoms with E-state index in [9.17, 15) is 8.42 Å². The molecule has 2 fully saturated rings. The van der Waals surface area contributed by atoms with Crippen molar-refractivity contribution < 1.29 is 12.9 Å². The minimum atomic E-state index is -3.50. The Morgan fingerprint density at radius 1 is 1.25 bits per heavy atom. The van der Waals surface area contributed by atoms with Gasteiger partial charge in [0.1, 0.15) is 4.90 Å². The second kappa shape index (κ2) is 8.83. The number of halogens is 1. The third-order valence-electron chi connectivity index (χ3n) is 5.34. The minimum Gasteiger partial charge on any atom is -0.339 e. The molecule has 9 nitrogen and oxygen atoms in total. The van der Waals surface area contributed by atoms with E-state index in [2.05, 4.69) is 32.4 Å². The van der Waals surface area contributed by atoms with Crippen LogP contribution in [-0.2, 0) is 10.0 Å². The number of piperidine rings is 1. The highest BCUT2D eigenvalue weighted by Crippen LogP contribution is 2.30. The van der Waals surface area contributed by atoms with Crippen molar-refractivity contribution in [1.29, 1.82) is 0 Å². The number of pyridine rings is 1. The molecule has 28 heavy (non-hydrogen) atoms. The van der Waals surface area contributed by atoms with Crippen molar-refractivity contribution in [3.05, 3.63) is 36.2 Å². The fourth-order valence-corrected chi connectivity index (χ4v) is 5.07. The Balaban J connectivity index is 0.00000225. The van der Waals surface area contributed by atoms with E-state index in [1.165, 1.54) is 10.5 Å². The zero-order chi connectivity index (χ0) is 18.9. The molecule has 2 aliphatic rings. The predicted octanol–water partition coefficient (Wildman–Crippen LogP) is 1.03. The minimum absolute atomic E-state index is 0. The van der Waals surface area contributed by atoms with E-state index in [0.29, 0.717) is 37.6 Å². The van der Waals surface area contributed by atoms with Gasteiger partial charge in [0.2, 0.25) is 15.9 Å². The number of hydrogen-bond donors (Lipinski definition) is 1. The lowest BCUT2D eigenvalue weighted by Gasteiger charge is -2.30. The van der Waals surface area contributed by atoms with Gasteiger partial charge in [-0.25, -0.2) is 8.42 Å². The Kier molecular flexibility index (Phi) is 6.66. The highest BCUT2D eigenvalue weighted by atomic mass is 35.5. The van der Waals surface area contributed by atoms with E-state index in [0.717, 1.165) is 19.6 Å². The number of nitrogens with zero attached hydrogens (tertiary/aromatic N) is 5. The Bertz CT molecular complexity index is 870. The molecule has 0 spiro atoms. The average molecular weight is 429 g/mol. The van der Waals surface area contributed by atoms with Crippen molar-refractivity contribution in [3.63, 3.8) is 0 Å². The highest BCUT2D eigenvalue weighted by molar-refractivity contribution is 7.89. The maximum Gasteiger partial charge on any atom is 0.244 e. The van der Waals surface area contributed by atoms with Crippen molar-refractivity contribution in [2.75, 3.05) is 39.8 Å². The molecular weight excluding hydrogens is 404 g/mol. The standard InChI is InChI=1S/C17H24N6O3S.ClH/c1-22-10-7-19-12-15(22)16-20-17(26-21-16)13-4-8-23(9-5-13)27(24,25)14-3-2-6-18-11-14;/h2-3,6,11,13,15,19H,4-5,7-10,12H2,1H3;1H. The Morgan fingerprint density at radius 3 is 2.71 bits per heavy atom. The van der Waals surface area contributed by atoms with Gasteiger partial charge in [0.15, 0.2) is 5.82 Å². The molecule has 4 heterocycles. The van der Waals surface area contributed by atoms with Gasteiger partial charge in [-0.1, -0.05) is 5.16 Å². The van der Waals surface area contributed by atoms with E-state index in [1.54, 1.807) is 18.3 Å². The van der Waals surface area contributed by atoms with Gasteiger partial charge < -0.3 is 9.84 Å². The molecule has 0 aliphatic carbocycles. The second-order valence-corrected chi connectivity index (χ2v) is 9.00. The Hall–Kier alpha value is -1.59. The summed E-state index contributed by atoms with van der Waals surface area (Å²) in [5.41, 5.74) is 0. The number of sulfonamides is 1. The van der Waals surface area contributed by atoms with Gasteiger partial charge in [-0.2, -0.15) is 9.29 Å². The number of rotatable bonds is 4. The van der Waals surface area contributed by atoms with Crippen LogP contribution in [0.15, 0.2) is 33.9 Å². The molecule has 1 N–H and O–H groups in total. The summed E-state index contributed by atoms with van der Waals surface area (Å²) in [6.07, 6.45) is 4.29. The largest absolute Gasteiger partial charge is 0.339 e. The fourth-order valence-electron chi connectivity index (χ4n) is 3.63. The van der Waals surface area contributed by atoms with Gasteiger partial charge in [0.05, 0.1) is 6.04 Å². The van der Waals surface area contributed by atoms with Crippen LogP contribution in [0, 0.1) is 0 Å². The number of piperazine rings is 1. The first-order valence-electron chi connectivity index (χ1n) is 9.20. The van der Waals surface area contributed by atoms with Crippen molar-refractivity contribution in [2.45, 2.75) is 29.7 Å². The second-order valence-electron chi connectivity index (χ2n) is 7.06. The van der Waals surface area contributed by atoms with E-state index in [4.69, 9.17) is 4.52 Å². The zero-order valence-corrected chi connectivity index (χ0v) is 17.3. The van der Waals surface area contributed by atoms with Crippen LogP contribution in [-0.4, -0.2) is 72.5 Å². The lowest BCUT2D eigenvalue weighted by molar-refractivity contribution is 0.190. The predicted molar refractivity (Wildman–Crippen MR) is 105 cm³/mol. The van der Waals surface area contributed by atoms with Gasteiger partial charge in [0.25, 0.3) is 0 Å². The summed E-state index contributed by atoms with van der Waals surface area (Å²) in [5, 5.41) is 7.52. The molecular formula is C17H25ClN6O3S. The molecule has 2 aromatic heterocycles.